The summed E-state index contributed by atoms with van der Waals surface area (Å²) in [6.45, 7) is 12.6. The van der Waals surface area contributed by atoms with Crippen molar-refractivity contribution in [2.75, 3.05) is 0 Å². The molecule has 0 heterocycles. The van der Waals surface area contributed by atoms with Crippen molar-refractivity contribution in [3.63, 3.8) is 0 Å². The molecule has 0 aromatic carbocycles. The van der Waals surface area contributed by atoms with Crippen LogP contribution in [-0.4, -0.2) is 22.8 Å². The first-order valence-electron chi connectivity index (χ1n) is 15.1. The third kappa shape index (κ3) is 5.91. The predicted octanol–water partition coefficient (Wildman–Crippen LogP) is 8.77. The third-order valence-electron chi connectivity index (χ3n) is 11.3. The molecule has 8 atom stereocenters. The number of fused-ring (bicyclic) bond motifs is 5. The van der Waals surface area contributed by atoms with E-state index in [0.717, 1.165) is 60.5 Å². The highest BCUT2D eigenvalue weighted by Gasteiger charge is 2.59. The minimum Gasteiger partial charge on any atom is -0.393 e. The Hall–Kier alpha value is -0.900. The van der Waals surface area contributed by atoms with Crippen molar-refractivity contribution in [3.05, 3.63) is 33.9 Å². The van der Waals surface area contributed by atoms with E-state index in [2.05, 4.69) is 40.7 Å². The molecule has 3 fully saturated rings. The number of allylic oxidation sites excluding steroid dienone is 5. The van der Waals surface area contributed by atoms with Crippen molar-refractivity contribution < 1.29 is 14.7 Å². The normalized spacial score (nSPS) is 39.2. The maximum Gasteiger partial charge on any atom is 0.198 e. The number of hydrogen-bond donors (Lipinski definition) is 1. The van der Waals surface area contributed by atoms with Crippen molar-refractivity contribution in [1.29, 1.82) is 0 Å². The molecule has 212 valence electrons. The second kappa shape index (κ2) is 11.9. The van der Waals surface area contributed by atoms with Gasteiger partial charge in [0.1, 0.15) is 0 Å². The lowest BCUT2D eigenvalue weighted by Gasteiger charge is -2.58. The fourth-order valence-corrected chi connectivity index (χ4v) is 9.48. The van der Waals surface area contributed by atoms with E-state index >= 15 is 0 Å². The summed E-state index contributed by atoms with van der Waals surface area (Å²) in [6, 6.07) is 0. The maximum absolute atomic E-state index is 10.6. The number of carbonyl (C=O) groups is 2. The second-order valence-corrected chi connectivity index (χ2v) is 14.7. The van der Waals surface area contributed by atoms with Crippen molar-refractivity contribution in [3.8, 4) is 0 Å². The Bertz CT molecular complexity index is 982. The Labute approximate surface area is 240 Å². The minimum atomic E-state index is -0.425. The van der Waals surface area contributed by atoms with Crippen LogP contribution < -0.4 is 0 Å². The van der Waals surface area contributed by atoms with Gasteiger partial charge in [-0.25, -0.2) is 0 Å². The van der Waals surface area contributed by atoms with E-state index in [4.69, 9.17) is 23.2 Å². The van der Waals surface area contributed by atoms with Crippen LogP contribution in [0.2, 0.25) is 0 Å². The van der Waals surface area contributed by atoms with Gasteiger partial charge in [-0.2, -0.15) is 0 Å². The SMILES string of the molecule is CC(C)CCC[C@@H](C)[C@H]1CC[C@H]2[C@@H]3CC=C4C[C@@H](O)CC[C@]4(C)[C@H]3CC[C@]12C.O=C1C=C(Cl)C(=O)C=C1Cl. The third-order valence-corrected chi connectivity index (χ3v) is 11.9. The average Bonchev–Trinajstić information content (AvgIpc) is 3.21. The van der Waals surface area contributed by atoms with Crippen molar-refractivity contribution >= 4 is 34.8 Å². The summed E-state index contributed by atoms with van der Waals surface area (Å²) >= 11 is 10.6. The van der Waals surface area contributed by atoms with Gasteiger partial charge < -0.3 is 5.11 Å². The molecule has 0 unspecified atom stereocenters. The molecule has 3 nitrogen and oxygen atoms in total. The molecule has 0 spiro atoms. The van der Waals surface area contributed by atoms with Crippen LogP contribution in [0.4, 0.5) is 0 Å². The van der Waals surface area contributed by atoms with Crippen LogP contribution >= 0.6 is 23.2 Å². The first-order valence-corrected chi connectivity index (χ1v) is 15.8. The van der Waals surface area contributed by atoms with E-state index < -0.39 is 11.6 Å². The van der Waals surface area contributed by atoms with E-state index in [1.807, 2.05) is 0 Å². The van der Waals surface area contributed by atoms with Gasteiger partial charge >= 0.3 is 0 Å². The standard InChI is InChI=1S/C27H46O.C6H2Cl2O2/c1-18(2)7-6-8-19(3)23-11-12-24-22-10-9-20-17-21(28)13-15-26(20,4)25(22)14-16-27(23,24)5;7-3-1-5(9)4(8)2-6(3)10/h9,18-19,21-25,28H,6-8,10-17H2,1-5H3;1-2H/t19-,21+,22+,23-,24+,25+,26+,27-;/m1./s1. The Morgan fingerprint density at radius 3 is 2.21 bits per heavy atom. The predicted molar refractivity (Wildman–Crippen MR) is 157 cm³/mol. The van der Waals surface area contributed by atoms with Gasteiger partial charge in [0, 0.05) is 12.2 Å². The van der Waals surface area contributed by atoms with Crippen LogP contribution in [0.15, 0.2) is 33.9 Å². The van der Waals surface area contributed by atoms with Gasteiger partial charge in [0.25, 0.3) is 0 Å². The van der Waals surface area contributed by atoms with Gasteiger partial charge in [-0.3, -0.25) is 9.59 Å². The molecule has 3 saturated carbocycles. The minimum absolute atomic E-state index is 0.0766. The van der Waals surface area contributed by atoms with Gasteiger partial charge in [0.2, 0.25) is 0 Å². The van der Waals surface area contributed by atoms with Gasteiger partial charge in [-0.1, -0.05) is 88.7 Å². The number of carbonyl (C=O) groups excluding carboxylic acids is 2. The molecule has 5 aliphatic carbocycles. The number of aliphatic hydroxyl groups is 1. The number of aliphatic hydroxyl groups excluding tert-OH is 1. The smallest absolute Gasteiger partial charge is 0.198 e. The number of hydrogen-bond acceptors (Lipinski definition) is 3. The summed E-state index contributed by atoms with van der Waals surface area (Å²) < 4.78 is 0. The highest BCUT2D eigenvalue weighted by atomic mass is 35.5. The van der Waals surface area contributed by atoms with Gasteiger partial charge in [-0.05, 0) is 97.7 Å². The van der Waals surface area contributed by atoms with Crippen LogP contribution in [0.5, 0.6) is 0 Å². The fourth-order valence-electron chi connectivity index (χ4n) is 9.18. The van der Waals surface area contributed by atoms with Crippen LogP contribution in [0.1, 0.15) is 105 Å². The molecule has 0 radical (unpaired) electrons. The lowest BCUT2D eigenvalue weighted by molar-refractivity contribution is -0.114. The molecule has 0 aromatic rings. The molecule has 1 N–H and O–H groups in total. The lowest BCUT2D eigenvalue weighted by atomic mass is 9.47. The highest BCUT2D eigenvalue weighted by molar-refractivity contribution is 6.53. The van der Waals surface area contributed by atoms with Crippen molar-refractivity contribution in [2.45, 2.75) is 111 Å². The summed E-state index contributed by atoms with van der Waals surface area (Å²) in [5.74, 6) is 4.61. The molecule has 5 heteroatoms. The summed E-state index contributed by atoms with van der Waals surface area (Å²) in [7, 11) is 0. The Kier molecular flexibility index (Phi) is 9.43. The molecule has 38 heavy (non-hydrogen) atoms. The maximum atomic E-state index is 10.6. The summed E-state index contributed by atoms with van der Waals surface area (Å²) in [5.41, 5.74) is 2.60. The average molecular weight is 564 g/mol. The van der Waals surface area contributed by atoms with Crippen LogP contribution in [0, 0.1) is 46.3 Å². The Balaban J connectivity index is 0.000000283. The van der Waals surface area contributed by atoms with E-state index in [-0.39, 0.29) is 16.2 Å². The Morgan fingerprint density at radius 2 is 1.58 bits per heavy atom. The molecule has 0 saturated heterocycles. The molecule has 0 bridgehead atoms. The zero-order valence-corrected chi connectivity index (χ0v) is 25.6. The molecule has 5 rings (SSSR count). The van der Waals surface area contributed by atoms with Crippen LogP contribution in [0.3, 0.4) is 0 Å². The second-order valence-electron chi connectivity index (χ2n) is 13.9. The molecular formula is C33H48Cl2O3. The Morgan fingerprint density at radius 1 is 0.921 bits per heavy atom. The summed E-state index contributed by atoms with van der Waals surface area (Å²) in [5, 5.41) is 10.0. The molecule has 5 aliphatic rings. The monoisotopic (exact) mass is 562 g/mol. The zero-order valence-electron chi connectivity index (χ0n) is 24.1. The van der Waals surface area contributed by atoms with Crippen LogP contribution in [0.25, 0.3) is 0 Å². The number of halogens is 2. The molecule has 0 aliphatic heterocycles. The van der Waals surface area contributed by atoms with E-state index in [1.165, 1.54) is 57.8 Å². The summed E-state index contributed by atoms with van der Waals surface area (Å²) in [4.78, 5) is 21.3. The van der Waals surface area contributed by atoms with E-state index in [9.17, 15) is 14.7 Å². The van der Waals surface area contributed by atoms with E-state index in [1.54, 1.807) is 5.57 Å². The van der Waals surface area contributed by atoms with Crippen molar-refractivity contribution in [2.24, 2.45) is 46.3 Å². The number of ketones is 2. The first-order chi connectivity index (χ1) is 17.9. The first kappa shape index (κ1) is 30.1. The molecular weight excluding hydrogens is 515 g/mol. The quantitative estimate of drug-likeness (QED) is 0.269. The molecule has 0 aromatic heterocycles. The largest absolute Gasteiger partial charge is 0.393 e. The van der Waals surface area contributed by atoms with Gasteiger partial charge in [0.05, 0.1) is 16.2 Å². The zero-order chi connectivity index (χ0) is 27.8. The van der Waals surface area contributed by atoms with Crippen LogP contribution in [-0.2, 0) is 9.59 Å². The molecule has 0 amide bonds. The van der Waals surface area contributed by atoms with Gasteiger partial charge in [0.15, 0.2) is 11.6 Å². The van der Waals surface area contributed by atoms with Gasteiger partial charge in [-0.15, -0.1) is 0 Å². The van der Waals surface area contributed by atoms with Crippen molar-refractivity contribution in [1.82, 2.24) is 0 Å². The van der Waals surface area contributed by atoms with E-state index in [0.29, 0.717) is 10.8 Å². The lowest BCUT2D eigenvalue weighted by Crippen LogP contribution is -2.50. The summed E-state index contributed by atoms with van der Waals surface area (Å²) in [6.07, 6.45) is 19.2. The fraction of sp³-hybridized carbons (Fsp3) is 0.758. The number of rotatable bonds is 5. The highest BCUT2D eigenvalue weighted by Crippen LogP contribution is 2.67. The topological polar surface area (TPSA) is 54.4 Å².